The lowest BCUT2D eigenvalue weighted by molar-refractivity contribution is -0.0808. The zero-order valence-corrected chi connectivity index (χ0v) is 12.8. The third-order valence-electron chi connectivity index (χ3n) is 5.68. The molecular formula is C15H25ClN2O2. The van der Waals surface area contributed by atoms with Gasteiger partial charge in [0.15, 0.2) is 0 Å². The molecule has 4 fully saturated rings. The van der Waals surface area contributed by atoms with Crippen molar-refractivity contribution in [3.8, 4) is 0 Å². The Bertz CT molecular complexity index is 372. The Hall–Kier alpha value is -0.480. The molecule has 0 radical (unpaired) electrons. The number of carbonyl (C=O) groups excluding carboxylic acids is 1. The number of nitrogens with one attached hydrogen (secondary N) is 1. The monoisotopic (exact) mass is 300 g/mol. The third kappa shape index (κ3) is 2.41. The largest absolute Gasteiger partial charge is 0.443 e. The van der Waals surface area contributed by atoms with Crippen LogP contribution in [0.15, 0.2) is 0 Å². The normalized spacial score (nSPS) is 40.8. The van der Waals surface area contributed by atoms with E-state index in [0.29, 0.717) is 18.1 Å². The third-order valence-corrected chi connectivity index (χ3v) is 5.68. The Kier molecular flexibility index (Phi) is 3.89. The smallest absolute Gasteiger partial charge is 0.410 e. The van der Waals surface area contributed by atoms with Crippen LogP contribution in [0.3, 0.4) is 0 Å². The van der Waals surface area contributed by atoms with Crippen molar-refractivity contribution < 1.29 is 9.53 Å². The van der Waals surface area contributed by atoms with E-state index in [1.807, 2.05) is 4.90 Å². The van der Waals surface area contributed by atoms with Gasteiger partial charge in [-0.3, -0.25) is 0 Å². The summed E-state index contributed by atoms with van der Waals surface area (Å²) in [5.41, 5.74) is -0.136. The summed E-state index contributed by atoms with van der Waals surface area (Å²) in [5.74, 6) is 0. The number of piperidine rings is 1. The van der Waals surface area contributed by atoms with E-state index in [4.69, 9.17) is 4.74 Å². The van der Waals surface area contributed by atoms with E-state index in [9.17, 15) is 4.79 Å². The van der Waals surface area contributed by atoms with Gasteiger partial charge in [0, 0.05) is 43.9 Å². The van der Waals surface area contributed by atoms with Gasteiger partial charge in [-0.25, -0.2) is 4.79 Å². The predicted molar refractivity (Wildman–Crippen MR) is 79.2 cm³/mol. The van der Waals surface area contributed by atoms with E-state index >= 15 is 0 Å². The average Bonchev–Trinajstić information content (AvgIpc) is 3.00. The fraction of sp³-hybridized carbons (Fsp3) is 0.933. The van der Waals surface area contributed by atoms with Gasteiger partial charge in [0.25, 0.3) is 0 Å². The Morgan fingerprint density at radius 1 is 1.10 bits per heavy atom. The van der Waals surface area contributed by atoms with Crippen molar-refractivity contribution in [3.05, 3.63) is 0 Å². The van der Waals surface area contributed by atoms with Crippen molar-refractivity contribution in [1.82, 2.24) is 10.2 Å². The molecule has 1 unspecified atom stereocenters. The van der Waals surface area contributed by atoms with Crippen LogP contribution in [0.1, 0.15) is 57.8 Å². The molecule has 0 aromatic rings. The van der Waals surface area contributed by atoms with Gasteiger partial charge in [-0.1, -0.05) is 12.8 Å². The number of hydrogen-bond donors (Lipinski definition) is 1. The Morgan fingerprint density at radius 3 is 2.35 bits per heavy atom. The highest BCUT2D eigenvalue weighted by Crippen LogP contribution is 2.42. The number of rotatable bonds is 1. The van der Waals surface area contributed by atoms with Crippen LogP contribution in [-0.2, 0) is 4.74 Å². The van der Waals surface area contributed by atoms with E-state index < -0.39 is 0 Å². The second kappa shape index (κ2) is 5.38. The minimum Gasteiger partial charge on any atom is -0.443 e. The lowest BCUT2D eigenvalue weighted by Gasteiger charge is -2.47. The first kappa shape index (κ1) is 14.5. The lowest BCUT2D eigenvalue weighted by Crippen LogP contribution is -2.58. The maximum atomic E-state index is 12.4. The molecule has 0 aromatic heterocycles. The van der Waals surface area contributed by atoms with Gasteiger partial charge in [-0.2, -0.15) is 0 Å². The fourth-order valence-corrected chi connectivity index (χ4v) is 4.75. The molecule has 3 saturated heterocycles. The molecule has 1 saturated carbocycles. The molecule has 1 spiro atoms. The van der Waals surface area contributed by atoms with E-state index in [2.05, 4.69) is 5.32 Å². The highest BCUT2D eigenvalue weighted by molar-refractivity contribution is 5.85. The number of ether oxygens (including phenoxy) is 1. The molecule has 1 amide bonds. The lowest BCUT2D eigenvalue weighted by atomic mass is 9.83. The standard InChI is InChI=1S/C15H24N2O2.ClH/c18-14-17(13-3-1-2-4-13)8-7-15(19-14)9-11-5-6-12(10-15)16-11;/h11-13,16H,1-10H2;1H/t11-,12+,15?;. The first-order valence-electron chi connectivity index (χ1n) is 8.00. The van der Waals surface area contributed by atoms with Crippen molar-refractivity contribution in [2.45, 2.75) is 81.5 Å². The summed E-state index contributed by atoms with van der Waals surface area (Å²) in [5, 5.41) is 3.64. The zero-order valence-electron chi connectivity index (χ0n) is 12.0. The molecule has 5 heteroatoms. The highest BCUT2D eigenvalue weighted by atomic mass is 35.5. The van der Waals surface area contributed by atoms with Crippen LogP contribution in [0.25, 0.3) is 0 Å². The van der Waals surface area contributed by atoms with Gasteiger partial charge < -0.3 is 15.0 Å². The second-order valence-electron chi connectivity index (χ2n) is 6.98. The molecule has 114 valence electrons. The SMILES string of the molecule is Cl.O=C1OC2(CCN1C1CCCC1)C[C@H]1CC[C@@H](C2)N1. The Morgan fingerprint density at radius 2 is 1.75 bits per heavy atom. The topological polar surface area (TPSA) is 41.6 Å². The van der Waals surface area contributed by atoms with Gasteiger partial charge in [-0.15, -0.1) is 12.4 Å². The van der Waals surface area contributed by atoms with Gasteiger partial charge in [0.2, 0.25) is 0 Å². The van der Waals surface area contributed by atoms with Crippen LogP contribution in [-0.4, -0.2) is 41.3 Å². The van der Waals surface area contributed by atoms with Gasteiger partial charge >= 0.3 is 6.09 Å². The number of nitrogens with zero attached hydrogens (tertiary/aromatic N) is 1. The molecule has 2 bridgehead atoms. The van der Waals surface area contributed by atoms with Crippen LogP contribution in [0.5, 0.6) is 0 Å². The van der Waals surface area contributed by atoms with Gasteiger partial charge in [0.1, 0.15) is 5.60 Å². The molecule has 4 aliphatic rings. The summed E-state index contributed by atoms with van der Waals surface area (Å²) in [7, 11) is 0. The maximum absolute atomic E-state index is 12.4. The fourth-order valence-electron chi connectivity index (χ4n) is 4.75. The Balaban J connectivity index is 0.00000121. The number of amides is 1. The molecule has 1 N–H and O–H groups in total. The first-order chi connectivity index (χ1) is 9.24. The molecule has 4 nitrogen and oxygen atoms in total. The molecule has 20 heavy (non-hydrogen) atoms. The quantitative estimate of drug-likeness (QED) is 0.809. The number of fused-ring (bicyclic) bond motifs is 2. The number of carbonyl (C=O) groups is 1. The van der Waals surface area contributed by atoms with E-state index in [0.717, 1.165) is 25.8 Å². The summed E-state index contributed by atoms with van der Waals surface area (Å²) in [4.78, 5) is 14.4. The summed E-state index contributed by atoms with van der Waals surface area (Å²) in [6.45, 7) is 0.920. The summed E-state index contributed by atoms with van der Waals surface area (Å²) >= 11 is 0. The maximum Gasteiger partial charge on any atom is 0.410 e. The summed E-state index contributed by atoms with van der Waals surface area (Å²) in [6.07, 6.45) is 10.5. The van der Waals surface area contributed by atoms with Crippen molar-refractivity contribution in [2.24, 2.45) is 0 Å². The van der Waals surface area contributed by atoms with Crippen molar-refractivity contribution in [3.63, 3.8) is 0 Å². The second-order valence-corrected chi connectivity index (χ2v) is 6.98. The molecule has 3 heterocycles. The van der Waals surface area contributed by atoms with E-state index in [1.54, 1.807) is 0 Å². The molecule has 1 aliphatic carbocycles. The van der Waals surface area contributed by atoms with Crippen molar-refractivity contribution in [2.75, 3.05) is 6.54 Å². The number of hydrogen-bond acceptors (Lipinski definition) is 3. The van der Waals surface area contributed by atoms with E-state index in [1.165, 1.54) is 38.5 Å². The first-order valence-corrected chi connectivity index (χ1v) is 8.00. The van der Waals surface area contributed by atoms with Crippen molar-refractivity contribution >= 4 is 18.5 Å². The van der Waals surface area contributed by atoms with Crippen LogP contribution in [0, 0.1) is 0 Å². The highest BCUT2D eigenvalue weighted by Gasteiger charge is 2.49. The average molecular weight is 301 g/mol. The minimum atomic E-state index is -0.136. The van der Waals surface area contributed by atoms with Crippen LogP contribution in [0.2, 0.25) is 0 Å². The van der Waals surface area contributed by atoms with E-state index in [-0.39, 0.29) is 24.1 Å². The molecule has 3 aliphatic heterocycles. The van der Waals surface area contributed by atoms with Crippen molar-refractivity contribution in [1.29, 1.82) is 0 Å². The molecule has 4 rings (SSSR count). The van der Waals surface area contributed by atoms with Crippen LogP contribution >= 0.6 is 12.4 Å². The van der Waals surface area contributed by atoms with Gasteiger partial charge in [0.05, 0.1) is 0 Å². The predicted octanol–water partition coefficient (Wildman–Crippen LogP) is 2.85. The minimum absolute atomic E-state index is 0. The van der Waals surface area contributed by atoms with Crippen LogP contribution in [0.4, 0.5) is 4.79 Å². The molecule has 3 atom stereocenters. The Labute approximate surface area is 127 Å². The molecule has 0 aromatic carbocycles. The zero-order chi connectivity index (χ0) is 12.9. The summed E-state index contributed by atoms with van der Waals surface area (Å²) < 4.78 is 5.97. The summed E-state index contributed by atoms with van der Waals surface area (Å²) in [6, 6.07) is 1.64. The van der Waals surface area contributed by atoms with Crippen LogP contribution < -0.4 is 5.32 Å². The molecular weight excluding hydrogens is 276 g/mol. The number of halogens is 1. The van der Waals surface area contributed by atoms with Gasteiger partial charge in [-0.05, 0) is 25.7 Å².